The molecule has 0 spiro atoms. The van der Waals surface area contributed by atoms with Gasteiger partial charge in [0.15, 0.2) is 0 Å². The van der Waals surface area contributed by atoms with Gasteiger partial charge in [0, 0.05) is 11.3 Å². The van der Waals surface area contributed by atoms with Gasteiger partial charge in [-0.15, -0.1) is 0 Å². The zero-order valence-corrected chi connectivity index (χ0v) is 12.3. The van der Waals surface area contributed by atoms with Crippen molar-refractivity contribution in [2.75, 3.05) is 18.6 Å². The van der Waals surface area contributed by atoms with Gasteiger partial charge >= 0.3 is 5.97 Å². The normalized spacial score (nSPS) is 16.7. The number of aryl methyl sites for hydroxylation is 1. The van der Waals surface area contributed by atoms with E-state index in [1.54, 1.807) is 0 Å². The quantitative estimate of drug-likeness (QED) is 0.764. The van der Waals surface area contributed by atoms with E-state index in [0.29, 0.717) is 0 Å². The summed E-state index contributed by atoms with van der Waals surface area (Å²) in [6, 6.07) is 6.36. The van der Waals surface area contributed by atoms with Gasteiger partial charge in [0.2, 0.25) is 0 Å². The maximum absolute atomic E-state index is 11.7. The number of methoxy groups -OCH3 is 1. The Bertz CT molecular complexity index is 544. The minimum absolute atomic E-state index is 0.195. The maximum Gasteiger partial charge on any atom is 0.325 e. The van der Waals surface area contributed by atoms with Crippen molar-refractivity contribution < 1.29 is 9.53 Å². The molecule has 0 amide bonds. The fourth-order valence-electron chi connectivity index (χ4n) is 2.68. The average Bonchev–Trinajstić information content (AvgIpc) is 2.33. The number of carbonyl (C=O) groups excluding carboxylic acids is 1. The van der Waals surface area contributed by atoms with Crippen molar-refractivity contribution in [1.29, 1.82) is 0 Å². The second kappa shape index (κ2) is 4.72. The zero-order chi connectivity index (χ0) is 14.2. The van der Waals surface area contributed by atoms with Crippen LogP contribution >= 0.6 is 0 Å². The first-order valence-electron chi connectivity index (χ1n) is 6.50. The highest BCUT2D eigenvalue weighted by Crippen LogP contribution is 2.39. The Labute approximate surface area is 114 Å². The van der Waals surface area contributed by atoms with Gasteiger partial charge in [0.25, 0.3) is 0 Å². The number of rotatable bonds is 2. The van der Waals surface area contributed by atoms with Crippen LogP contribution in [0, 0.1) is 6.92 Å². The van der Waals surface area contributed by atoms with E-state index in [-0.39, 0.29) is 18.1 Å². The molecule has 0 saturated carbocycles. The van der Waals surface area contributed by atoms with Gasteiger partial charge in [-0.05, 0) is 44.9 Å². The first kappa shape index (κ1) is 13.7. The van der Waals surface area contributed by atoms with E-state index in [1.165, 1.54) is 23.8 Å². The van der Waals surface area contributed by atoms with E-state index >= 15 is 0 Å². The maximum atomic E-state index is 11.7. The summed E-state index contributed by atoms with van der Waals surface area (Å²) < 4.78 is 4.82. The first-order chi connectivity index (χ1) is 8.85. The molecule has 0 atom stereocenters. The van der Waals surface area contributed by atoms with Crippen molar-refractivity contribution in [1.82, 2.24) is 0 Å². The van der Waals surface area contributed by atoms with Gasteiger partial charge in [-0.1, -0.05) is 18.2 Å². The molecule has 0 aliphatic carbocycles. The Morgan fingerprint density at radius 1 is 1.32 bits per heavy atom. The van der Waals surface area contributed by atoms with Gasteiger partial charge in [-0.3, -0.25) is 4.79 Å². The topological polar surface area (TPSA) is 29.5 Å². The Hall–Kier alpha value is -1.77. The summed E-state index contributed by atoms with van der Waals surface area (Å²) in [6.07, 6.45) is 2.20. The lowest BCUT2D eigenvalue weighted by molar-refractivity contribution is -0.139. The standard InChI is InChI=1S/C16H21NO2/c1-11-6-7-13-12(2)9-16(3,4)17(14(13)8-11)10-15(18)19-5/h6-9H,10H2,1-5H3. The highest BCUT2D eigenvalue weighted by molar-refractivity contribution is 5.85. The highest BCUT2D eigenvalue weighted by Gasteiger charge is 2.32. The molecule has 0 aromatic heterocycles. The lowest BCUT2D eigenvalue weighted by Gasteiger charge is -2.42. The van der Waals surface area contributed by atoms with Crippen LogP contribution in [-0.4, -0.2) is 25.2 Å². The molecule has 1 aromatic rings. The number of anilines is 1. The van der Waals surface area contributed by atoms with E-state index in [2.05, 4.69) is 56.9 Å². The fraction of sp³-hybridized carbons (Fsp3) is 0.438. The Morgan fingerprint density at radius 3 is 2.63 bits per heavy atom. The summed E-state index contributed by atoms with van der Waals surface area (Å²) >= 11 is 0. The summed E-state index contributed by atoms with van der Waals surface area (Å²) in [7, 11) is 1.43. The second-order valence-electron chi connectivity index (χ2n) is 5.66. The predicted octanol–water partition coefficient (Wildman–Crippen LogP) is 3.17. The van der Waals surface area contributed by atoms with E-state index in [0.717, 1.165) is 5.69 Å². The first-order valence-corrected chi connectivity index (χ1v) is 6.50. The van der Waals surface area contributed by atoms with Crippen molar-refractivity contribution in [2.45, 2.75) is 33.2 Å². The van der Waals surface area contributed by atoms with E-state index in [1.807, 2.05) is 0 Å². The number of hydrogen-bond donors (Lipinski definition) is 0. The predicted molar refractivity (Wildman–Crippen MR) is 78.3 cm³/mol. The number of esters is 1. The zero-order valence-electron chi connectivity index (χ0n) is 12.3. The molecule has 1 heterocycles. The molecule has 0 unspecified atom stereocenters. The van der Waals surface area contributed by atoms with E-state index in [9.17, 15) is 4.79 Å². The van der Waals surface area contributed by atoms with E-state index < -0.39 is 0 Å². The van der Waals surface area contributed by atoms with Gasteiger partial charge in [-0.2, -0.15) is 0 Å². The third-order valence-electron chi connectivity index (χ3n) is 3.65. The summed E-state index contributed by atoms with van der Waals surface area (Å²) in [5.41, 5.74) is 4.54. The highest BCUT2D eigenvalue weighted by atomic mass is 16.5. The minimum atomic E-state index is -0.214. The molecule has 1 aliphatic heterocycles. The molecule has 0 bridgehead atoms. The number of nitrogens with zero attached hydrogens (tertiary/aromatic N) is 1. The van der Waals surface area contributed by atoms with Crippen molar-refractivity contribution in [3.05, 3.63) is 35.4 Å². The van der Waals surface area contributed by atoms with Crippen molar-refractivity contribution in [2.24, 2.45) is 0 Å². The number of hydrogen-bond acceptors (Lipinski definition) is 3. The van der Waals surface area contributed by atoms with Crippen LogP contribution in [0.25, 0.3) is 5.57 Å². The van der Waals surface area contributed by atoms with Crippen LogP contribution in [0.1, 0.15) is 31.9 Å². The number of fused-ring (bicyclic) bond motifs is 1. The number of ether oxygens (including phenoxy) is 1. The van der Waals surface area contributed by atoms with Crippen LogP contribution in [-0.2, 0) is 9.53 Å². The molecule has 102 valence electrons. The minimum Gasteiger partial charge on any atom is -0.468 e. The lowest BCUT2D eigenvalue weighted by atomic mass is 9.88. The third kappa shape index (κ3) is 2.50. The monoisotopic (exact) mass is 259 g/mol. The summed E-state index contributed by atoms with van der Waals surface area (Å²) in [5, 5.41) is 0. The van der Waals surface area contributed by atoms with Crippen LogP contribution in [0.15, 0.2) is 24.3 Å². The molecule has 0 saturated heterocycles. The summed E-state index contributed by atoms with van der Waals surface area (Å²) in [4.78, 5) is 13.8. The molecular formula is C16H21NO2. The average molecular weight is 259 g/mol. The van der Waals surface area contributed by atoms with Gasteiger partial charge in [-0.25, -0.2) is 0 Å². The third-order valence-corrected chi connectivity index (χ3v) is 3.65. The molecule has 2 rings (SSSR count). The Morgan fingerprint density at radius 2 is 2.00 bits per heavy atom. The fourth-order valence-corrected chi connectivity index (χ4v) is 2.68. The molecule has 1 aliphatic rings. The molecule has 3 heteroatoms. The smallest absolute Gasteiger partial charge is 0.325 e. The number of benzene rings is 1. The van der Waals surface area contributed by atoms with Gasteiger partial charge in [0.1, 0.15) is 6.54 Å². The van der Waals surface area contributed by atoms with Crippen LogP contribution < -0.4 is 4.90 Å². The van der Waals surface area contributed by atoms with Crippen molar-refractivity contribution in [3.8, 4) is 0 Å². The molecule has 0 fully saturated rings. The molecule has 0 N–H and O–H groups in total. The molecule has 19 heavy (non-hydrogen) atoms. The Balaban J connectivity index is 2.52. The summed E-state index contributed by atoms with van der Waals surface area (Å²) in [6.45, 7) is 8.68. The van der Waals surface area contributed by atoms with Crippen LogP contribution in [0.3, 0.4) is 0 Å². The van der Waals surface area contributed by atoms with Crippen LogP contribution in [0.2, 0.25) is 0 Å². The Kier molecular flexibility index (Phi) is 3.40. The van der Waals surface area contributed by atoms with E-state index in [4.69, 9.17) is 4.74 Å². The molecule has 0 radical (unpaired) electrons. The van der Waals surface area contributed by atoms with Gasteiger partial charge in [0.05, 0.1) is 12.6 Å². The molecule has 3 nitrogen and oxygen atoms in total. The van der Waals surface area contributed by atoms with Gasteiger partial charge < -0.3 is 9.64 Å². The number of allylic oxidation sites excluding steroid dienone is 1. The van der Waals surface area contributed by atoms with Crippen LogP contribution in [0.5, 0.6) is 0 Å². The lowest BCUT2D eigenvalue weighted by Crippen LogP contribution is -2.48. The van der Waals surface area contributed by atoms with Crippen molar-refractivity contribution in [3.63, 3.8) is 0 Å². The number of carbonyl (C=O) groups is 1. The SMILES string of the molecule is COC(=O)CN1c2cc(C)ccc2C(C)=CC1(C)C. The second-order valence-corrected chi connectivity index (χ2v) is 5.66. The molecule has 1 aromatic carbocycles. The summed E-state index contributed by atoms with van der Waals surface area (Å²) in [5.74, 6) is -0.214. The molecular weight excluding hydrogens is 238 g/mol. The van der Waals surface area contributed by atoms with Crippen molar-refractivity contribution >= 4 is 17.2 Å². The largest absolute Gasteiger partial charge is 0.468 e. The van der Waals surface area contributed by atoms with Crippen LogP contribution in [0.4, 0.5) is 5.69 Å².